The first-order chi connectivity index (χ1) is 7.95. The lowest BCUT2D eigenvalue weighted by molar-refractivity contribution is 0.524. The van der Waals surface area contributed by atoms with Crippen molar-refractivity contribution in [1.29, 1.82) is 0 Å². The van der Waals surface area contributed by atoms with E-state index in [0.29, 0.717) is 0 Å². The molecule has 0 saturated heterocycles. The number of rotatable bonds is 6. The van der Waals surface area contributed by atoms with Crippen molar-refractivity contribution in [2.24, 2.45) is 0 Å². The quantitative estimate of drug-likeness (QED) is 0.468. The van der Waals surface area contributed by atoms with E-state index in [2.05, 4.69) is 15.3 Å². The Morgan fingerprint density at radius 3 is 2.75 bits per heavy atom. The zero-order chi connectivity index (χ0) is 11.1. The summed E-state index contributed by atoms with van der Waals surface area (Å²) in [6.07, 6.45) is 10.3. The van der Waals surface area contributed by atoms with Crippen LogP contribution in [0.15, 0.2) is 23.6 Å². The third-order valence-corrected chi connectivity index (χ3v) is 3.84. The second-order valence-electron chi connectivity index (χ2n) is 4.17. The van der Waals surface area contributed by atoms with Crippen LogP contribution < -0.4 is 5.32 Å². The van der Waals surface area contributed by atoms with Gasteiger partial charge in [0.15, 0.2) is 5.16 Å². The van der Waals surface area contributed by atoms with Gasteiger partial charge in [-0.25, -0.2) is 9.97 Å². The first kappa shape index (κ1) is 11.9. The predicted octanol–water partition coefficient (Wildman–Crippen LogP) is 2.49. The minimum Gasteiger partial charge on any atom is -0.314 e. The van der Waals surface area contributed by atoms with E-state index in [1.807, 2.05) is 6.07 Å². The summed E-state index contributed by atoms with van der Waals surface area (Å²) in [4.78, 5) is 8.37. The molecule has 1 fully saturated rings. The Hall–Kier alpha value is -0.610. The van der Waals surface area contributed by atoms with Gasteiger partial charge in [-0.05, 0) is 31.9 Å². The van der Waals surface area contributed by atoms with Crippen molar-refractivity contribution in [3.8, 4) is 0 Å². The van der Waals surface area contributed by atoms with E-state index in [1.165, 1.54) is 32.1 Å². The maximum atomic E-state index is 4.19. The minimum absolute atomic E-state index is 0.790. The molecule has 0 atom stereocenters. The predicted molar refractivity (Wildman–Crippen MR) is 67.6 cm³/mol. The third kappa shape index (κ3) is 4.10. The normalized spacial score (nSPS) is 16.8. The summed E-state index contributed by atoms with van der Waals surface area (Å²) >= 11 is 1.74. The van der Waals surface area contributed by atoms with Gasteiger partial charge in [-0.15, -0.1) is 0 Å². The van der Waals surface area contributed by atoms with Crippen molar-refractivity contribution in [1.82, 2.24) is 15.3 Å². The van der Waals surface area contributed by atoms with Crippen LogP contribution in [0.5, 0.6) is 0 Å². The first-order valence-corrected chi connectivity index (χ1v) is 7.07. The lowest BCUT2D eigenvalue weighted by Gasteiger charge is -2.10. The van der Waals surface area contributed by atoms with Crippen LogP contribution >= 0.6 is 11.8 Å². The highest BCUT2D eigenvalue weighted by atomic mass is 32.2. The maximum Gasteiger partial charge on any atom is 0.187 e. The molecule has 1 aliphatic carbocycles. The fraction of sp³-hybridized carbons (Fsp3) is 0.667. The van der Waals surface area contributed by atoms with Crippen molar-refractivity contribution in [3.63, 3.8) is 0 Å². The van der Waals surface area contributed by atoms with Crippen LogP contribution in [0.4, 0.5) is 0 Å². The van der Waals surface area contributed by atoms with E-state index in [-0.39, 0.29) is 0 Å². The molecule has 1 saturated carbocycles. The summed E-state index contributed by atoms with van der Waals surface area (Å²) in [5, 5.41) is 4.51. The Morgan fingerprint density at radius 2 is 2.00 bits per heavy atom. The molecule has 1 aliphatic rings. The Balaban J connectivity index is 1.52. The fourth-order valence-electron chi connectivity index (χ4n) is 2.03. The third-order valence-electron chi connectivity index (χ3n) is 2.88. The molecule has 0 spiro atoms. The number of thioether (sulfide) groups is 1. The second kappa shape index (κ2) is 6.86. The topological polar surface area (TPSA) is 37.8 Å². The molecular weight excluding hydrogens is 218 g/mol. The summed E-state index contributed by atoms with van der Waals surface area (Å²) in [6, 6.07) is 2.64. The van der Waals surface area contributed by atoms with E-state index in [0.717, 1.165) is 23.5 Å². The monoisotopic (exact) mass is 237 g/mol. The molecule has 0 bridgehead atoms. The van der Waals surface area contributed by atoms with Crippen molar-refractivity contribution in [2.45, 2.75) is 43.3 Å². The molecule has 0 unspecified atom stereocenters. The molecule has 2 rings (SSSR count). The Kier molecular flexibility index (Phi) is 5.09. The van der Waals surface area contributed by atoms with Crippen LogP contribution in [0, 0.1) is 0 Å². The number of nitrogens with zero attached hydrogens (tertiary/aromatic N) is 2. The molecule has 0 amide bonds. The Morgan fingerprint density at radius 1 is 1.25 bits per heavy atom. The average molecular weight is 237 g/mol. The standard InChI is InChI=1S/C12H19N3S/c1-2-6-11(5-1)13-9-4-10-16-12-14-7-3-8-15-12/h3,7-8,11,13H,1-2,4-6,9-10H2. The first-order valence-electron chi connectivity index (χ1n) is 6.08. The zero-order valence-corrected chi connectivity index (χ0v) is 10.4. The van der Waals surface area contributed by atoms with Gasteiger partial charge in [-0.3, -0.25) is 0 Å². The van der Waals surface area contributed by atoms with E-state index < -0.39 is 0 Å². The van der Waals surface area contributed by atoms with Crippen LogP contribution in [0.3, 0.4) is 0 Å². The zero-order valence-electron chi connectivity index (χ0n) is 9.56. The van der Waals surface area contributed by atoms with E-state index in [1.54, 1.807) is 24.2 Å². The fourth-order valence-corrected chi connectivity index (χ4v) is 2.77. The van der Waals surface area contributed by atoms with E-state index >= 15 is 0 Å². The molecule has 3 nitrogen and oxygen atoms in total. The van der Waals surface area contributed by atoms with Gasteiger partial charge in [0.1, 0.15) is 0 Å². The van der Waals surface area contributed by atoms with Gasteiger partial charge in [-0.2, -0.15) is 0 Å². The summed E-state index contributed by atoms with van der Waals surface area (Å²) in [7, 11) is 0. The van der Waals surface area contributed by atoms with Crippen LogP contribution in [0.1, 0.15) is 32.1 Å². The van der Waals surface area contributed by atoms with Crippen molar-refractivity contribution in [2.75, 3.05) is 12.3 Å². The van der Waals surface area contributed by atoms with Crippen LogP contribution in [-0.2, 0) is 0 Å². The van der Waals surface area contributed by atoms with Crippen molar-refractivity contribution < 1.29 is 0 Å². The molecule has 0 radical (unpaired) electrons. The molecular formula is C12H19N3S. The summed E-state index contributed by atoms with van der Waals surface area (Å²) in [5.41, 5.74) is 0. The van der Waals surface area contributed by atoms with Gasteiger partial charge in [0, 0.05) is 24.2 Å². The maximum absolute atomic E-state index is 4.19. The van der Waals surface area contributed by atoms with Crippen LogP contribution in [0.25, 0.3) is 0 Å². The van der Waals surface area contributed by atoms with E-state index in [9.17, 15) is 0 Å². The molecule has 0 aromatic carbocycles. The molecule has 16 heavy (non-hydrogen) atoms. The second-order valence-corrected chi connectivity index (χ2v) is 5.23. The van der Waals surface area contributed by atoms with Gasteiger partial charge in [0.05, 0.1) is 0 Å². The molecule has 1 N–H and O–H groups in total. The summed E-state index contributed by atoms with van der Waals surface area (Å²) in [6.45, 7) is 1.13. The van der Waals surface area contributed by atoms with Gasteiger partial charge >= 0.3 is 0 Å². The lowest BCUT2D eigenvalue weighted by atomic mass is 10.2. The average Bonchev–Trinajstić information content (AvgIpc) is 2.83. The van der Waals surface area contributed by atoms with Crippen LogP contribution in [-0.4, -0.2) is 28.3 Å². The number of nitrogens with one attached hydrogen (secondary N) is 1. The molecule has 1 heterocycles. The van der Waals surface area contributed by atoms with Crippen molar-refractivity contribution >= 4 is 11.8 Å². The molecule has 88 valence electrons. The Bertz CT molecular complexity index is 286. The molecule has 1 aromatic rings. The minimum atomic E-state index is 0.790. The van der Waals surface area contributed by atoms with Gasteiger partial charge in [0.2, 0.25) is 0 Å². The largest absolute Gasteiger partial charge is 0.314 e. The SMILES string of the molecule is c1cnc(SCCCNC2CCCC2)nc1. The summed E-state index contributed by atoms with van der Waals surface area (Å²) < 4.78 is 0. The molecule has 0 aliphatic heterocycles. The number of aromatic nitrogens is 2. The lowest BCUT2D eigenvalue weighted by Crippen LogP contribution is -2.27. The highest BCUT2D eigenvalue weighted by Gasteiger charge is 2.13. The molecule has 4 heteroatoms. The van der Waals surface area contributed by atoms with Crippen molar-refractivity contribution in [3.05, 3.63) is 18.5 Å². The van der Waals surface area contributed by atoms with E-state index in [4.69, 9.17) is 0 Å². The number of hydrogen-bond acceptors (Lipinski definition) is 4. The van der Waals surface area contributed by atoms with Gasteiger partial charge < -0.3 is 5.32 Å². The van der Waals surface area contributed by atoms with Gasteiger partial charge in [0.25, 0.3) is 0 Å². The highest BCUT2D eigenvalue weighted by molar-refractivity contribution is 7.99. The molecule has 1 aromatic heterocycles. The number of hydrogen-bond donors (Lipinski definition) is 1. The van der Waals surface area contributed by atoms with Gasteiger partial charge in [-0.1, -0.05) is 24.6 Å². The smallest absolute Gasteiger partial charge is 0.187 e. The summed E-state index contributed by atoms with van der Waals surface area (Å²) in [5.74, 6) is 1.10. The Labute approximate surface area is 101 Å². The van der Waals surface area contributed by atoms with Crippen LogP contribution in [0.2, 0.25) is 0 Å². The highest BCUT2D eigenvalue weighted by Crippen LogP contribution is 2.17.